The number of halogens is 2. The Kier molecular flexibility index (Phi) is 5.32. The number of anilines is 1. The molecule has 0 saturated heterocycles. The Bertz CT molecular complexity index is 1180. The van der Waals surface area contributed by atoms with E-state index in [-0.39, 0.29) is 0 Å². The summed E-state index contributed by atoms with van der Waals surface area (Å²) < 4.78 is 2.01. The van der Waals surface area contributed by atoms with Crippen LogP contribution in [-0.4, -0.2) is 25.6 Å². The summed E-state index contributed by atoms with van der Waals surface area (Å²) in [6.45, 7) is 0. The standard InChI is InChI=1S/C23H21Cl2N5/c24-15-10-12-17(13-11-15)30-22(18-8-4-5-9-19(18)25)29-20-21(26-14-27-23(20)30)28-16-6-2-1-3-7-16/h4-5,8-14,16H,1-3,6-7H2,(H,26,27,28). The smallest absolute Gasteiger partial charge is 0.170 e. The Labute approximate surface area is 185 Å². The zero-order valence-electron chi connectivity index (χ0n) is 16.4. The molecule has 1 N–H and O–H groups in total. The first-order valence-corrected chi connectivity index (χ1v) is 11.0. The lowest BCUT2D eigenvalue weighted by molar-refractivity contribution is 0.462. The minimum absolute atomic E-state index is 0.418. The molecule has 30 heavy (non-hydrogen) atoms. The van der Waals surface area contributed by atoms with E-state index in [1.54, 1.807) is 6.33 Å². The quantitative estimate of drug-likeness (QED) is 0.393. The highest BCUT2D eigenvalue weighted by molar-refractivity contribution is 6.33. The highest BCUT2D eigenvalue weighted by atomic mass is 35.5. The average molecular weight is 438 g/mol. The van der Waals surface area contributed by atoms with Crippen molar-refractivity contribution in [2.24, 2.45) is 0 Å². The molecule has 2 aromatic heterocycles. The molecule has 1 saturated carbocycles. The van der Waals surface area contributed by atoms with Crippen LogP contribution in [0.3, 0.4) is 0 Å². The molecular weight excluding hydrogens is 417 g/mol. The van der Waals surface area contributed by atoms with Gasteiger partial charge in [0, 0.05) is 22.3 Å². The molecule has 0 unspecified atom stereocenters. The van der Waals surface area contributed by atoms with Crippen molar-refractivity contribution in [2.75, 3.05) is 5.32 Å². The van der Waals surface area contributed by atoms with Crippen molar-refractivity contribution in [1.82, 2.24) is 19.5 Å². The number of nitrogens with zero attached hydrogens (tertiary/aromatic N) is 4. The van der Waals surface area contributed by atoms with Crippen LogP contribution in [0.5, 0.6) is 0 Å². The molecule has 0 bridgehead atoms. The first-order valence-electron chi connectivity index (χ1n) is 10.2. The van der Waals surface area contributed by atoms with Crippen LogP contribution in [0.1, 0.15) is 32.1 Å². The van der Waals surface area contributed by atoms with Gasteiger partial charge in [0.2, 0.25) is 0 Å². The Balaban J connectivity index is 1.70. The summed E-state index contributed by atoms with van der Waals surface area (Å²) in [5.41, 5.74) is 3.24. The predicted molar refractivity (Wildman–Crippen MR) is 123 cm³/mol. The number of benzene rings is 2. The normalized spacial score (nSPS) is 14.9. The minimum Gasteiger partial charge on any atom is -0.365 e. The maximum Gasteiger partial charge on any atom is 0.170 e. The Morgan fingerprint density at radius 2 is 1.67 bits per heavy atom. The summed E-state index contributed by atoms with van der Waals surface area (Å²) in [5, 5.41) is 4.92. The highest BCUT2D eigenvalue weighted by Crippen LogP contribution is 2.34. The molecule has 0 aliphatic heterocycles. The van der Waals surface area contributed by atoms with Crippen LogP contribution in [0.25, 0.3) is 28.2 Å². The summed E-state index contributed by atoms with van der Waals surface area (Å²) in [7, 11) is 0. The van der Waals surface area contributed by atoms with E-state index in [9.17, 15) is 0 Å². The van der Waals surface area contributed by atoms with Gasteiger partial charge in [-0.15, -0.1) is 0 Å². The predicted octanol–water partition coefficient (Wildman–Crippen LogP) is 6.53. The summed E-state index contributed by atoms with van der Waals surface area (Å²) in [4.78, 5) is 14.1. The number of imidazole rings is 1. The number of aromatic nitrogens is 4. The molecule has 0 atom stereocenters. The number of hydrogen-bond donors (Lipinski definition) is 1. The second-order valence-electron chi connectivity index (χ2n) is 7.60. The third-order valence-electron chi connectivity index (χ3n) is 5.59. The van der Waals surface area contributed by atoms with Crippen LogP contribution in [0, 0.1) is 0 Å². The summed E-state index contributed by atoms with van der Waals surface area (Å²) in [5.74, 6) is 1.50. The lowest BCUT2D eigenvalue weighted by Gasteiger charge is -2.23. The first kappa shape index (κ1) is 19.3. The molecule has 1 fully saturated rings. The fraction of sp³-hybridized carbons (Fsp3) is 0.261. The fourth-order valence-corrected chi connectivity index (χ4v) is 4.44. The number of nitrogens with one attached hydrogen (secondary N) is 1. The SMILES string of the molecule is Clc1ccc(-n2c(-c3ccccc3Cl)nc3c(NC4CCCCC4)ncnc32)cc1. The molecule has 5 nitrogen and oxygen atoms in total. The Morgan fingerprint density at radius 1 is 0.900 bits per heavy atom. The van der Waals surface area contributed by atoms with Gasteiger partial charge >= 0.3 is 0 Å². The molecule has 1 aliphatic rings. The largest absolute Gasteiger partial charge is 0.365 e. The number of hydrogen-bond acceptors (Lipinski definition) is 4. The summed E-state index contributed by atoms with van der Waals surface area (Å²) in [6, 6.07) is 15.8. The van der Waals surface area contributed by atoms with Crippen molar-refractivity contribution in [3.8, 4) is 17.1 Å². The zero-order chi connectivity index (χ0) is 20.5. The Hall–Kier alpha value is -2.63. The second-order valence-corrected chi connectivity index (χ2v) is 8.44. The van der Waals surface area contributed by atoms with E-state index in [4.69, 9.17) is 28.2 Å². The van der Waals surface area contributed by atoms with E-state index in [2.05, 4.69) is 15.3 Å². The van der Waals surface area contributed by atoms with Crippen molar-refractivity contribution in [3.63, 3.8) is 0 Å². The molecule has 2 aromatic carbocycles. The van der Waals surface area contributed by atoms with Gasteiger partial charge in [0.05, 0.1) is 5.02 Å². The van der Waals surface area contributed by atoms with Gasteiger partial charge in [-0.2, -0.15) is 0 Å². The van der Waals surface area contributed by atoms with Crippen LogP contribution in [0.4, 0.5) is 5.82 Å². The monoisotopic (exact) mass is 437 g/mol. The van der Waals surface area contributed by atoms with Crippen molar-refractivity contribution >= 4 is 40.2 Å². The zero-order valence-corrected chi connectivity index (χ0v) is 17.9. The maximum absolute atomic E-state index is 6.54. The van der Waals surface area contributed by atoms with Gasteiger partial charge in [0.25, 0.3) is 0 Å². The average Bonchev–Trinajstić information content (AvgIpc) is 3.16. The fourth-order valence-electron chi connectivity index (χ4n) is 4.10. The van der Waals surface area contributed by atoms with E-state index in [1.807, 2.05) is 53.1 Å². The van der Waals surface area contributed by atoms with Gasteiger partial charge in [-0.3, -0.25) is 4.57 Å². The summed E-state index contributed by atoms with van der Waals surface area (Å²) >= 11 is 12.7. The molecule has 2 heterocycles. The topological polar surface area (TPSA) is 55.6 Å². The molecule has 5 rings (SSSR count). The van der Waals surface area contributed by atoms with Gasteiger partial charge in [-0.1, -0.05) is 54.6 Å². The van der Waals surface area contributed by atoms with Crippen LogP contribution < -0.4 is 5.32 Å². The Morgan fingerprint density at radius 3 is 2.43 bits per heavy atom. The van der Waals surface area contributed by atoms with Crippen LogP contribution in [0.15, 0.2) is 54.9 Å². The lowest BCUT2D eigenvalue weighted by Crippen LogP contribution is -2.23. The maximum atomic E-state index is 6.54. The molecule has 152 valence electrons. The molecule has 0 spiro atoms. The van der Waals surface area contributed by atoms with Gasteiger partial charge < -0.3 is 5.32 Å². The number of fused-ring (bicyclic) bond motifs is 1. The van der Waals surface area contributed by atoms with Gasteiger partial charge in [0.15, 0.2) is 17.0 Å². The summed E-state index contributed by atoms with van der Waals surface area (Å²) in [6.07, 6.45) is 7.70. The molecule has 7 heteroatoms. The van der Waals surface area contributed by atoms with Gasteiger partial charge in [0.1, 0.15) is 12.2 Å². The van der Waals surface area contributed by atoms with Crippen LogP contribution in [0.2, 0.25) is 10.0 Å². The highest BCUT2D eigenvalue weighted by Gasteiger charge is 2.22. The van der Waals surface area contributed by atoms with Crippen LogP contribution >= 0.6 is 23.2 Å². The third-order valence-corrected chi connectivity index (χ3v) is 6.17. The van der Waals surface area contributed by atoms with E-state index in [0.717, 1.165) is 46.9 Å². The van der Waals surface area contributed by atoms with Gasteiger partial charge in [-0.05, 0) is 49.2 Å². The van der Waals surface area contributed by atoms with Crippen LogP contribution in [-0.2, 0) is 0 Å². The lowest BCUT2D eigenvalue weighted by atomic mass is 9.95. The van der Waals surface area contributed by atoms with Gasteiger partial charge in [-0.25, -0.2) is 15.0 Å². The second kappa shape index (κ2) is 8.25. The van der Waals surface area contributed by atoms with E-state index in [0.29, 0.717) is 16.1 Å². The van der Waals surface area contributed by atoms with Crippen molar-refractivity contribution in [3.05, 3.63) is 64.9 Å². The molecule has 0 amide bonds. The molecule has 1 aliphatic carbocycles. The van der Waals surface area contributed by atoms with E-state index < -0.39 is 0 Å². The first-order chi connectivity index (χ1) is 14.7. The third kappa shape index (κ3) is 3.64. The molecular formula is C23H21Cl2N5. The van der Waals surface area contributed by atoms with Crippen molar-refractivity contribution < 1.29 is 0 Å². The minimum atomic E-state index is 0.418. The van der Waals surface area contributed by atoms with Crippen molar-refractivity contribution in [2.45, 2.75) is 38.1 Å². The molecule has 0 radical (unpaired) electrons. The van der Waals surface area contributed by atoms with E-state index >= 15 is 0 Å². The molecule has 4 aromatic rings. The number of rotatable bonds is 4. The van der Waals surface area contributed by atoms with E-state index in [1.165, 1.54) is 19.3 Å². The van der Waals surface area contributed by atoms with Crippen molar-refractivity contribution in [1.29, 1.82) is 0 Å².